The molecule has 0 saturated heterocycles. The number of hydrogen-bond acceptors (Lipinski definition) is 2. The number of nitrogens with one attached hydrogen (secondary N) is 1. The first-order valence-electron chi connectivity index (χ1n) is 4.14. The van der Waals surface area contributed by atoms with Crippen LogP contribution in [0.1, 0.15) is 33.6 Å². The summed E-state index contributed by atoms with van der Waals surface area (Å²) in [5.74, 6) is 0. The molecule has 0 rings (SSSR count). The van der Waals surface area contributed by atoms with E-state index in [1.165, 1.54) is 12.8 Å². The van der Waals surface area contributed by atoms with Crippen molar-refractivity contribution >= 4 is 14.1 Å². The Hall–Kier alpha value is 0.220. The molecule has 68 valence electrons. The van der Waals surface area contributed by atoms with Crippen molar-refractivity contribution in [2.45, 2.75) is 38.9 Å². The lowest BCUT2D eigenvalue weighted by Gasteiger charge is -2.26. The zero-order valence-corrected chi connectivity index (χ0v) is 8.78. The third-order valence-electron chi connectivity index (χ3n) is 1.82. The molecule has 0 aliphatic rings. The van der Waals surface area contributed by atoms with Gasteiger partial charge in [0, 0.05) is 7.77 Å². The molecular weight excluding hydrogens is 157 g/mol. The summed E-state index contributed by atoms with van der Waals surface area (Å²) < 4.78 is 0. The van der Waals surface area contributed by atoms with Crippen molar-refractivity contribution in [3.05, 3.63) is 0 Å². The molecule has 0 aromatic heterocycles. The van der Waals surface area contributed by atoms with Crippen molar-refractivity contribution in [1.29, 1.82) is 0 Å². The zero-order chi connectivity index (χ0) is 8.91. The fraction of sp³-hybridized carbons (Fsp3) is 0.875. The summed E-state index contributed by atoms with van der Waals surface area (Å²) in [5.41, 5.74) is 0. The highest BCUT2D eigenvalue weighted by Crippen LogP contribution is 2.30. The highest BCUT2D eigenvalue weighted by molar-refractivity contribution is 7.51. The fourth-order valence-corrected chi connectivity index (χ4v) is 1.01. The Morgan fingerprint density at radius 1 is 1.55 bits per heavy atom. The van der Waals surface area contributed by atoms with Crippen LogP contribution in [0.3, 0.4) is 0 Å². The molecule has 3 heteroatoms. The van der Waals surface area contributed by atoms with Gasteiger partial charge in [-0.15, -0.1) is 0 Å². The van der Waals surface area contributed by atoms with Crippen molar-refractivity contribution < 1.29 is 4.89 Å². The molecule has 0 amide bonds. The van der Waals surface area contributed by atoms with Crippen LogP contribution in [0.2, 0.25) is 0 Å². The van der Waals surface area contributed by atoms with E-state index in [1.807, 2.05) is 13.8 Å². The smallest absolute Gasteiger partial charge is 0.0518 e. The third-order valence-corrected chi connectivity index (χ3v) is 3.44. The Labute approximate surface area is 70.5 Å². The van der Waals surface area contributed by atoms with Gasteiger partial charge in [0.05, 0.1) is 5.28 Å². The molecule has 0 spiro atoms. The van der Waals surface area contributed by atoms with E-state index < -0.39 is 7.77 Å². The Balaban J connectivity index is 3.64. The summed E-state index contributed by atoms with van der Waals surface area (Å²) >= 11 is 0. The van der Waals surface area contributed by atoms with Crippen molar-refractivity contribution in [2.24, 2.45) is 0 Å². The van der Waals surface area contributed by atoms with Gasteiger partial charge in [0.25, 0.3) is 0 Å². The Bertz CT molecular complexity index is 134. The second-order valence-corrected chi connectivity index (χ2v) is 5.50. The Kier molecular flexibility index (Phi) is 5.07. The van der Waals surface area contributed by atoms with Crippen molar-refractivity contribution in [3.63, 3.8) is 0 Å². The van der Waals surface area contributed by atoms with Crippen LogP contribution in [0.15, 0.2) is 0 Å². The number of rotatable bonds is 5. The molecule has 0 heterocycles. The molecule has 11 heavy (non-hydrogen) atoms. The molecule has 0 aliphatic heterocycles. The summed E-state index contributed by atoms with van der Waals surface area (Å²) in [7, 11) is -1.45. The van der Waals surface area contributed by atoms with Gasteiger partial charge in [-0.25, -0.2) is 0 Å². The summed E-state index contributed by atoms with van der Waals surface area (Å²) in [6.07, 6.45) is 6.04. The maximum absolute atomic E-state index is 9.31. The molecule has 2 N–H and O–H groups in total. The van der Waals surface area contributed by atoms with Crippen LogP contribution < -0.4 is 5.32 Å². The normalized spacial score (nSPS) is 14.9. The van der Waals surface area contributed by atoms with E-state index in [4.69, 9.17) is 0 Å². The largest absolute Gasteiger partial charge is 0.378 e. The molecule has 0 aromatic carbocycles. The highest BCUT2D eigenvalue weighted by atomic mass is 31.1. The summed E-state index contributed by atoms with van der Waals surface area (Å²) in [5, 5.41) is 3.14. The van der Waals surface area contributed by atoms with Gasteiger partial charge in [0.15, 0.2) is 0 Å². The van der Waals surface area contributed by atoms with Gasteiger partial charge in [-0.3, -0.25) is 0 Å². The van der Waals surface area contributed by atoms with Gasteiger partial charge in [0.1, 0.15) is 0 Å². The number of unbranched alkanes of at least 4 members (excludes halogenated alkanes) is 1. The fourth-order valence-electron chi connectivity index (χ4n) is 0.680. The van der Waals surface area contributed by atoms with Crippen LogP contribution in [0, 0.1) is 0 Å². The van der Waals surface area contributed by atoms with Crippen molar-refractivity contribution in [3.8, 4) is 0 Å². The van der Waals surface area contributed by atoms with E-state index in [0.717, 1.165) is 6.54 Å². The first-order chi connectivity index (χ1) is 5.00. The Morgan fingerprint density at radius 2 is 2.09 bits per heavy atom. The maximum Gasteiger partial charge on any atom is 0.0518 e. The second kappa shape index (κ2) is 4.97. The average molecular weight is 177 g/mol. The number of hydrogen-bond donors (Lipinski definition) is 2. The molecule has 0 fully saturated rings. The summed E-state index contributed by atoms with van der Waals surface area (Å²) in [6.45, 7) is 7.14. The molecule has 1 unspecified atom stereocenters. The Morgan fingerprint density at radius 3 is 2.45 bits per heavy atom. The first-order valence-corrected chi connectivity index (χ1v) is 5.79. The lowest BCUT2D eigenvalue weighted by atomic mass is 10.3. The second-order valence-electron chi connectivity index (χ2n) is 3.35. The third kappa shape index (κ3) is 4.62. The van der Waals surface area contributed by atoms with E-state index in [2.05, 4.69) is 18.5 Å². The highest BCUT2D eigenvalue weighted by Gasteiger charge is 2.16. The van der Waals surface area contributed by atoms with Crippen LogP contribution in [0.25, 0.3) is 0 Å². The minimum atomic E-state index is -1.45. The molecule has 1 atom stereocenters. The molecule has 0 bridgehead atoms. The van der Waals surface area contributed by atoms with Gasteiger partial charge < -0.3 is 10.2 Å². The predicted molar refractivity (Wildman–Crippen MR) is 54.6 cm³/mol. The minimum Gasteiger partial charge on any atom is -0.378 e. The summed E-state index contributed by atoms with van der Waals surface area (Å²) in [6, 6.07) is 0. The van der Waals surface area contributed by atoms with Crippen LogP contribution >= 0.6 is 7.77 Å². The lowest BCUT2D eigenvalue weighted by molar-refractivity contribution is 0.484. The predicted octanol–water partition coefficient (Wildman–Crippen LogP) is 1.67. The SMILES string of the molecule is C=[PH](O)C(C)(C)NCCCC. The van der Waals surface area contributed by atoms with Gasteiger partial charge in [-0.05, 0) is 26.8 Å². The first kappa shape index (κ1) is 11.2. The van der Waals surface area contributed by atoms with Gasteiger partial charge in [-0.1, -0.05) is 19.6 Å². The molecular formula is C8H20NOP. The van der Waals surface area contributed by atoms with Crippen molar-refractivity contribution in [1.82, 2.24) is 5.32 Å². The zero-order valence-electron chi connectivity index (χ0n) is 7.78. The average Bonchev–Trinajstić information content (AvgIpc) is 1.88. The van der Waals surface area contributed by atoms with Gasteiger partial charge >= 0.3 is 0 Å². The minimum absolute atomic E-state index is 0.153. The van der Waals surface area contributed by atoms with Crippen LogP contribution in [0.4, 0.5) is 0 Å². The van der Waals surface area contributed by atoms with E-state index >= 15 is 0 Å². The van der Waals surface area contributed by atoms with E-state index in [9.17, 15) is 4.89 Å². The van der Waals surface area contributed by atoms with E-state index in [-0.39, 0.29) is 5.28 Å². The topological polar surface area (TPSA) is 32.3 Å². The lowest BCUT2D eigenvalue weighted by Crippen LogP contribution is -2.36. The molecule has 0 aromatic rings. The van der Waals surface area contributed by atoms with Crippen LogP contribution in [0.5, 0.6) is 0 Å². The standard InChI is InChI=1S/C8H20NOP/c1-5-6-7-9-8(2,3)11(4)10/h9-11H,4-7H2,1-3H3. The van der Waals surface area contributed by atoms with Gasteiger partial charge in [0.2, 0.25) is 0 Å². The molecule has 2 nitrogen and oxygen atoms in total. The van der Waals surface area contributed by atoms with Gasteiger partial charge in [-0.2, -0.15) is 0 Å². The van der Waals surface area contributed by atoms with Crippen LogP contribution in [-0.2, 0) is 0 Å². The van der Waals surface area contributed by atoms with Crippen molar-refractivity contribution in [2.75, 3.05) is 6.54 Å². The quantitative estimate of drug-likeness (QED) is 0.494. The molecule has 0 saturated carbocycles. The van der Waals surface area contributed by atoms with Crippen LogP contribution in [-0.4, -0.2) is 23.0 Å². The monoisotopic (exact) mass is 177 g/mol. The molecule has 0 aliphatic carbocycles. The summed E-state index contributed by atoms with van der Waals surface area (Å²) in [4.78, 5) is 9.31. The maximum atomic E-state index is 9.31. The molecule has 0 radical (unpaired) electrons. The van der Waals surface area contributed by atoms with E-state index in [1.54, 1.807) is 0 Å². The van der Waals surface area contributed by atoms with E-state index in [0.29, 0.717) is 0 Å².